The van der Waals surface area contributed by atoms with Gasteiger partial charge in [0, 0.05) is 12.1 Å². The van der Waals surface area contributed by atoms with Crippen molar-refractivity contribution in [3.8, 4) is 17.7 Å². The molecule has 1 heterocycles. The summed E-state index contributed by atoms with van der Waals surface area (Å²) >= 11 is 11.6. The van der Waals surface area contributed by atoms with Crippen LogP contribution in [0.15, 0.2) is 18.2 Å². The van der Waals surface area contributed by atoms with Crippen molar-refractivity contribution < 1.29 is 17.9 Å². The maximum Gasteiger partial charge on any atom is 0.436 e. The molecular weight excluding hydrogens is 330 g/mol. The summed E-state index contributed by atoms with van der Waals surface area (Å²) in [7, 11) is 1.23. The lowest BCUT2D eigenvalue weighted by Gasteiger charge is -2.08. The van der Waals surface area contributed by atoms with E-state index in [9.17, 15) is 13.2 Å². The number of rotatable bonds is 2. The van der Waals surface area contributed by atoms with Crippen LogP contribution in [-0.4, -0.2) is 9.78 Å². The van der Waals surface area contributed by atoms with E-state index in [1.165, 1.54) is 31.3 Å². The van der Waals surface area contributed by atoms with Crippen molar-refractivity contribution in [2.24, 2.45) is 7.05 Å². The Hall–Kier alpha value is -1.91. The molecule has 110 valence electrons. The molecule has 9 heteroatoms. The fourth-order valence-corrected chi connectivity index (χ4v) is 2.03. The Bertz CT molecular complexity index is 735. The number of aromatic nitrogens is 2. The first-order chi connectivity index (χ1) is 9.74. The van der Waals surface area contributed by atoms with Crippen molar-refractivity contribution >= 4 is 23.2 Å². The Morgan fingerprint density at radius 3 is 2.52 bits per heavy atom. The molecule has 1 aromatic carbocycles. The Labute approximate surface area is 127 Å². The summed E-state index contributed by atoms with van der Waals surface area (Å²) in [6.45, 7) is 0. The number of hydrogen-bond donors (Lipinski definition) is 0. The van der Waals surface area contributed by atoms with Crippen LogP contribution in [0.4, 0.5) is 13.2 Å². The lowest BCUT2D eigenvalue weighted by atomic mass is 10.2. The molecule has 0 unspecified atom stereocenters. The minimum atomic E-state index is -4.76. The minimum absolute atomic E-state index is 0.0642. The second-order valence-electron chi connectivity index (χ2n) is 3.94. The molecule has 0 spiro atoms. The Kier molecular flexibility index (Phi) is 4.03. The van der Waals surface area contributed by atoms with E-state index in [4.69, 9.17) is 33.2 Å². The largest absolute Gasteiger partial charge is 0.436 e. The number of halogens is 5. The molecule has 0 saturated heterocycles. The first-order valence-corrected chi connectivity index (χ1v) is 6.17. The molecule has 0 fully saturated rings. The number of aryl methyl sites for hydroxylation is 1. The third-order valence-corrected chi connectivity index (χ3v) is 3.01. The summed E-state index contributed by atoms with van der Waals surface area (Å²) in [6.07, 6.45) is -4.76. The number of nitriles is 1. The van der Waals surface area contributed by atoms with Crippen molar-refractivity contribution in [3.63, 3.8) is 0 Å². The van der Waals surface area contributed by atoms with Crippen LogP contribution < -0.4 is 4.74 Å². The van der Waals surface area contributed by atoms with Crippen molar-refractivity contribution in [2.75, 3.05) is 0 Å². The molecule has 0 amide bonds. The van der Waals surface area contributed by atoms with Gasteiger partial charge in [-0.15, -0.1) is 0 Å². The zero-order chi connectivity index (χ0) is 15.8. The lowest BCUT2D eigenvalue weighted by molar-refractivity contribution is -0.141. The number of benzene rings is 1. The Morgan fingerprint density at radius 1 is 1.33 bits per heavy atom. The van der Waals surface area contributed by atoms with Gasteiger partial charge in [-0.2, -0.15) is 23.5 Å². The molecule has 0 aliphatic rings. The van der Waals surface area contributed by atoms with Crippen LogP contribution in [0.1, 0.15) is 11.3 Å². The maximum atomic E-state index is 12.8. The van der Waals surface area contributed by atoms with Gasteiger partial charge in [0.2, 0.25) is 5.88 Å². The Morgan fingerprint density at radius 2 is 2.00 bits per heavy atom. The first kappa shape index (κ1) is 15.5. The SMILES string of the molecule is Cn1nc(C(F)(F)F)c(C#N)c1Oc1ccc(Cl)cc1Cl. The molecular formula is C12H6Cl2F3N3O. The highest BCUT2D eigenvalue weighted by Crippen LogP contribution is 2.38. The fourth-order valence-electron chi connectivity index (χ4n) is 1.59. The summed E-state index contributed by atoms with van der Waals surface area (Å²) in [4.78, 5) is 0. The second kappa shape index (κ2) is 5.47. The fraction of sp³-hybridized carbons (Fsp3) is 0.167. The van der Waals surface area contributed by atoms with Crippen molar-refractivity contribution in [2.45, 2.75) is 6.18 Å². The van der Waals surface area contributed by atoms with Crippen LogP contribution in [-0.2, 0) is 13.2 Å². The van der Waals surface area contributed by atoms with E-state index < -0.39 is 17.4 Å². The average molecular weight is 336 g/mol. The predicted octanol–water partition coefficient (Wildman–Crippen LogP) is 4.41. The van der Waals surface area contributed by atoms with E-state index in [0.717, 1.165) is 4.68 Å². The molecule has 0 aliphatic heterocycles. The molecule has 1 aromatic heterocycles. The van der Waals surface area contributed by atoms with Gasteiger partial charge in [0.1, 0.15) is 17.4 Å². The number of nitrogens with zero attached hydrogens (tertiary/aromatic N) is 3. The second-order valence-corrected chi connectivity index (χ2v) is 4.78. The van der Waals surface area contributed by atoms with Crippen molar-refractivity contribution in [1.82, 2.24) is 9.78 Å². The third-order valence-electron chi connectivity index (χ3n) is 2.48. The molecule has 21 heavy (non-hydrogen) atoms. The highest BCUT2D eigenvalue weighted by molar-refractivity contribution is 6.35. The van der Waals surface area contributed by atoms with Gasteiger partial charge in [-0.1, -0.05) is 23.2 Å². The summed E-state index contributed by atoms with van der Waals surface area (Å²) in [5.74, 6) is -0.289. The topological polar surface area (TPSA) is 50.8 Å². The number of ether oxygens (including phenoxy) is 1. The number of alkyl halides is 3. The zero-order valence-electron chi connectivity index (χ0n) is 10.4. The molecule has 0 atom stereocenters. The van der Waals surface area contributed by atoms with Crippen LogP contribution in [0.2, 0.25) is 10.0 Å². The van der Waals surface area contributed by atoms with Crippen LogP contribution in [0.5, 0.6) is 11.6 Å². The van der Waals surface area contributed by atoms with Gasteiger partial charge in [0.15, 0.2) is 5.69 Å². The highest BCUT2D eigenvalue weighted by atomic mass is 35.5. The van der Waals surface area contributed by atoms with Gasteiger partial charge in [-0.05, 0) is 18.2 Å². The molecule has 2 aromatic rings. The van der Waals surface area contributed by atoms with Gasteiger partial charge >= 0.3 is 6.18 Å². The summed E-state index contributed by atoms with van der Waals surface area (Å²) in [5, 5.41) is 12.6. The summed E-state index contributed by atoms with van der Waals surface area (Å²) in [6, 6.07) is 5.65. The molecule has 2 rings (SSSR count). The van der Waals surface area contributed by atoms with Crippen LogP contribution in [0, 0.1) is 11.3 Å². The maximum absolute atomic E-state index is 12.8. The van der Waals surface area contributed by atoms with E-state index in [1.807, 2.05) is 0 Å². The molecule has 0 aliphatic carbocycles. The Balaban J connectivity index is 2.50. The van der Waals surface area contributed by atoms with Crippen molar-refractivity contribution in [3.05, 3.63) is 39.5 Å². The number of hydrogen-bond acceptors (Lipinski definition) is 3. The molecule has 0 radical (unpaired) electrons. The molecule has 0 bridgehead atoms. The van der Waals surface area contributed by atoms with E-state index in [2.05, 4.69) is 5.10 Å². The predicted molar refractivity (Wildman–Crippen MR) is 69.5 cm³/mol. The van der Waals surface area contributed by atoms with Gasteiger partial charge in [-0.25, -0.2) is 4.68 Å². The molecule has 0 saturated carbocycles. The first-order valence-electron chi connectivity index (χ1n) is 5.41. The molecule has 4 nitrogen and oxygen atoms in total. The van der Waals surface area contributed by atoms with Crippen LogP contribution in [0.25, 0.3) is 0 Å². The van der Waals surface area contributed by atoms with E-state index in [1.54, 1.807) is 0 Å². The monoisotopic (exact) mass is 335 g/mol. The van der Waals surface area contributed by atoms with E-state index in [0.29, 0.717) is 5.02 Å². The van der Waals surface area contributed by atoms with Gasteiger partial charge in [-0.3, -0.25) is 0 Å². The lowest BCUT2D eigenvalue weighted by Crippen LogP contribution is -2.08. The smallest absolute Gasteiger partial charge is 0.436 e. The van der Waals surface area contributed by atoms with Crippen LogP contribution >= 0.6 is 23.2 Å². The normalized spacial score (nSPS) is 11.3. The quantitative estimate of drug-likeness (QED) is 0.816. The molecule has 0 N–H and O–H groups in total. The summed E-state index contributed by atoms with van der Waals surface area (Å²) in [5.41, 5.74) is -2.02. The van der Waals surface area contributed by atoms with Crippen LogP contribution in [0.3, 0.4) is 0 Å². The van der Waals surface area contributed by atoms with E-state index in [-0.39, 0.29) is 16.7 Å². The van der Waals surface area contributed by atoms with Gasteiger partial charge < -0.3 is 4.74 Å². The zero-order valence-corrected chi connectivity index (χ0v) is 11.9. The minimum Gasteiger partial charge on any atom is -0.436 e. The third kappa shape index (κ3) is 3.06. The van der Waals surface area contributed by atoms with E-state index >= 15 is 0 Å². The highest BCUT2D eigenvalue weighted by Gasteiger charge is 2.40. The standard InChI is InChI=1S/C12H6Cl2F3N3O/c1-20-11(7(5-18)10(19-20)12(15,16)17)21-9-3-2-6(13)4-8(9)14/h2-4H,1H3. The van der Waals surface area contributed by atoms with Crippen molar-refractivity contribution in [1.29, 1.82) is 5.26 Å². The van der Waals surface area contributed by atoms with Gasteiger partial charge in [0.05, 0.1) is 5.02 Å². The van der Waals surface area contributed by atoms with Gasteiger partial charge in [0.25, 0.3) is 0 Å². The average Bonchev–Trinajstić information content (AvgIpc) is 2.69. The summed E-state index contributed by atoms with van der Waals surface area (Å²) < 4.78 is 44.4.